The molecular weight excluding hydrogens is 949 g/mol. The summed E-state index contributed by atoms with van der Waals surface area (Å²) in [6.45, 7) is 5.64. The number of aliphatic hydroxyl groups is 2. The first-order valence-corrected chi connectivity index (χ1v) is 28.5. The van der Waals surface area contributed by atoms with Crippen LogP contribution in [0.3, 0.4) is 0 Å². The predicted molar refractivity (Wildman–Crippen MR) is 303 cm³/mol. The van der Waals surface area contributed by atoms with E-state index >= 15 is 0 Å². The molecule has 1 heterocycles. The zero-order valence-corrected chi connectivity index (χ0v) is 46.2. The van der Waals surface area contributed by atoms with Crippen molar-refractivity contribution in [2.75, 3.05) is 13.2 Å². The zero-order chi connectivity index (χ0) is 54.7. The first-order valence-electron chi connectivity index (χ1n) is 28.5. The third-order valence-corrected chi connectivity index (χ3v) is 12.0. The SMILES string of the molecule is CC/C=C\C/C=C\C/C=C\C/C=C\CCCCC(=O)OC(COC(=O)CCCCCCCCC/C=C\C/C=C\CCCCC)COC1OC(C(=O)O)C(O)C(O)C1OC(=O)CC/C=C\C/C=C\C/C=C\C/C=C\CC. The summed E-state index contributed by atoms with van der Waals surface area (Å²) < 4.78 is 28.2. The second-order valence-electron chi connectivity index (χ2n) is 18.8. The van der Waals surface area contributed by atoms with Gasteiger partial charge in [-0.25, -0.2) is 4.79 Å². The van der Waals surface area contributed by atoms with Gasteiger partial charge >= 0.3 is 23.9 Å². The standard InChI is InChI=1S/C63H98O12/c1-4-7-10-13-16-19-22-25-27-28-30-32-34-37-40-43-46-49-55(64)71-52-54(73-56(65)50-47-44-41-38-36-33-29-26-23-20-17-14-11-8-5-2)53-72-63-61(59(68)58(67)60(75-63)62(69)70)74-57(66)51-48-45-42-39-35-31-24-21-18-15-12-9-6-3/h8-9,11-12,16-21,25-27,29,31,35-36,38,42,45,54,58-61,63,67-68H,4-7,10,13-15,22-24,28,30,32-34,37,39-41,43-44,46-53H2,1-3H3,(H,69,70)/b11-8-,12-9-,19-16-,20-17-,21-18-,27-25-,29-26-,35-31-,38-36-,45-42-. The number of unbranched alkanes of at least 4 members (excludes halogenated alkanes) is 12. The van der Waals surface area contributed by atoms with Crippen molar-refractivity contribution >= 4 is 23.9 Å². The van der Waals surface area contributed by atoms with Crippen molar-refractivity contribution in [3.05, 3.63) is 122 Å². The molecule has 0 amide bonds. The van der Waals surface area contributed by atoms with E-state index in [0.717, 1.165) is 96.3 Å². The van der Waals surface area contributed by atoms with Crippen LogP contribution in [-0.4, -0.2) is 89.2 Å². The Balaban J connectivity index is 2.78. The monoisotopic (exact) mass is 1050 g/mol. The molecule has 0 aromatic rings. The van der Waals surface area contributed by atoms with E-state index in [0.29, 0.717) is 25.7 Å². The molecule has 1 rings (SSSR count). The number of hydrogen-bond donors (Lipinski definition) is 3. The molecule has 6 unspecified atom stereocenters. The van der Waals surface area contributed by atoms with E-state index in [4.69, 9.17) is 23.7 Å². The predicted octanol–water partition coefficient (Wildman–Crippen LogP) is 14.4. The molecule has 12 nitrogen and oxygen atoms in total. The number of carboxylic acids is 1. The maximum atomic E-state index is 13.1. The van der Waals surface area contributed by atoms with E-state index in [1.54, 1.807) is 0 Å². The fourth-order valence-corrected chi connectivity index (χ4v) is 7.69. The minimum absolute atomic E-state index is 0.0727. The van der Waals surface area contributed by atoms with Gasteiger partial charge in [-0.3, -0.25) is 14.4 Å². The summed E-state index contributed by atoms with van der Waals surface area (Å²) in [7, 11) is 0. The Hall–Kier alpha value is -4.88. The maximum absolute atomic E-state index is 13.1. The van der Waals surface area contributed by atoms with E-state index in [1.807, 2.05) is 18.2 Å². The smallest absolute Gasteiger partial charge is 0.335 e. The third kappa shape index (κ3) is 40.1. The number of hydrogen-bond acceptors (Lipinski definition) is 11. The molecule has 1 aliphatic heterocycles. The summed E-state index contributed by atoms with van der Waals surface area (Å²) in [5, 5.41) is 31.4. The molecule has 0 bridgehead atoms. The summed E-state index contributed by atoms with van der Waals surface area (Å²) in [6, 6.07) is 0. The van der Waals surface area contributed by atoms with Crippen molar-refractivity contribution in [3.63, 3.8) is 0 Å². The minimum Gasteiger partial charge on any atom is -0.479 e. The molecule has 1 aliphatic rings. The second kappa shape index (κ2) is 50.0. The molecule has 6 atom stereocenters. The maximum Gasteiger partial charge on any atom is 0.335 e. The average Bonchev–Trinajstić information content (AvgIpc) is 3.39. The van der Waals surface area contributed by atoms with Gasteiger partial charge in [-0.1, -0.05) is 187 Å². The van der Waals surface area contributed by atoms with E-state index in [1.165, 1.54) is 38.5 Å². The van der Waals surface area contributed by atoms with Crippen LogP contribution >= 0.6 is 0 Å². The summed E-state index contributed by atoms with van der Waals surface area (Å²) >= 11 is 0. The molecule has 1 fully saturated rings. The Kier molecular flexibility index (Phi) is 45.4. The Morgan fingerprint density at radius 2 is 0.867 bits per heavy atom. The number of carbonyl (C=O) groups excluding carboxylic acids is 3. The van der Waals surface area contributed by atoms with Crippen LogP contribution in [0.1, 0.15) is 201 Å². The van der Waals surface area contributed by atoms with Crippen molar-refractivity contribution in [2.24, 2.45) is 0 Å². The topological polar surface area (TPSA) is 175 Å². The minimum atomic E-state index is -1.94. The number of rotatable bonds is 46. The van der Waals surface area contributed by atoms with Crippen LogP contribution < -0.4 is 0 Å². The van der Waals surface area contributed by atoms with E-state index < -0.39 is 67.3 Å². The second-order valence-corrected chi connectivity index (χ2v) is 18.8. The van der Waals surface area contributed by atoms with Crippen LogP contribution in [0.2, 0.25) is 0 Å². The summed E-state index contributed by atoms with van der Waals surface area (Å²) in [6.07, 6.45) is 56.2. The van der Waals surface area contributed by atoms with Gasteiger partial charge in [0.1, 0.15) is 18.8 Å². The number of aliphatic carboxylic acids is 1. The molecule has 0 aromatic carbocycles. The normalized spacial score (nSPS) is 19.1. The van der Waals surface area contributed by atoms with Crippen molar-refractivity contribution in [1.82, 2.24) is 0 Å². The highest BCUT2D eigenvalue weighted by molar-refractivity contribution is 5.74. The van der Waals surface area contributed by atoms with Crippen molar-refractivity contribution in [2.45, 2.75) is 237 Å². The number of carbonyl (C=O) groups is 4. The number of allylic oxidation sites excluding steroid dienone is 20. The lowest BCUT2D eigenvalue weighted by atomic mass is 9.98. The number of aliphatic hydroxyl groups excluding tert-OH is 2. The van der Waals surface area contributed by atoms with Gasteiger partial charge in [0.2, 0.25) is 0 Å². The zero-order valence-electron chi connectivity index (χ0n) is 46.2. The third-order valence-electron chi connectivity index (χ3n) is 12.0. The number of esters is 3. The molecule has 0 radical (unpaired) electrons. The van der Waals surface area contributed by atoms with Gasteiger partial charge in [-0.2, -0.15) is 0 Å². The highest BCUT2D eigenvalue weighted by Gasteiger charge is 2.50. The number of carboxylic acid groups (broad SMARTS) is 1. The molecular formula is C63H98O12. The molecule has 1 saturated heterocycles. The molecule has 0 saturated carbocycles. The Morgan fingerprint density at radius 1 is 0.453 bits per heavy atom. The van der Waals surface area contributed by atoms with Crippen LogP contribution in [0.15, 0.2) is 122 Å². The average molecular weight is 1050 g/mol. The first kappa shape index (κ1) is 68.1. The lowest BCUT2D eigenvalue weighted by Gasteiger charge is -2.40. The molecule has 0 aliphatic carbocycles. The van der Waals surface area contributed by atoms with Crippen LogP contribution in [-0.2, 0) is 42.9 Å². The molecule has 12 heteroatoms. The molecule has 75 heavy (non-hydrogen) atoms. The fourth-order valence-electron chi connectivity index (χ4n) is 7.69. The number of ether oxygens (including phenoxy) is 5. The van der Waals surface area contributed by atoms with Crippen molar-refractivity contribution < 1.29 is 58.2 Å². The van der Waals surface area contributed by atoms with Crippen LogP contribution in [0.4, 0.5) is 0 Å². The van der Waals surface area contributed by atoms with Gasteiger partial charge in [0.05, 0.1) is 6.61 Å². The largest absolute Gasteiger partial charge is 0.479 e. The van der Waals surface area contributed by atoms with Gasteiger partial charge in [0.25, 0.3) is 0 Å². The van der Waals surface area contributed by atoms with Gasteiger partial charge in [0, 0.05) is 19.3 Å². The highest BCUT2D eigenvalue weighted by Crippen LogP contribution is 2.26. The van der Waals surface area contributed by atoms with E-state index in [2.05, 4.69) is 124 Å². The Labute approximate surface area is 452 Å². The fraction of sp³-hybridized carbons (Fsp3) is 0.619. The van der Waals surface area contributed by atoms with E-state index in [9.17, 15) is 34.5 Å². The van der Waals surface area contributed by atoms with Gasteiger partial charge in [0.15, 0.2) is 24.6 Å². The lowest BCUT2D eigenvalue weighted by molar-refractivity contribution is -0.301. The molecule has 422 valence electrons. The van der Waals surface area contributed by atoms with Crippen LogP contribution in [0.25, 0.3) is 0 Å². The summed E-state index contributed by atoms with van der Waals surface area (Å²) in [5.74, 6) is -3.31. The van der Waals surface area contributed by atoms with Crippen LogP contribution in [0, 0.1) is 0 Å². The van der Waals surface area contributed by atoms with Gasteiger partial charge < -0.3 is 39.0 Å². The first-order chi connectivity index (χ1) is 36.6. The Bertz CT molecular complexity index is 1770. The summed E-state index contributed by atoms with van der Waals surface area (Å²) in [5.41, 5.74) is 0. The molecule has 0 aromatic heterocycles. The lowest BCUT2D eigenvalue weighted by Crippen LogP contribution is -2.61. The van der Waals surface area contributed by atoms with Crippen LogP contribution in [0.5, 0.6) is 0 Å². The molecule has 0 spiro atoms. The summed E-state index contributed by atoms with van der Waals surface area (Å²) in [4.78, 5) is 51.0. The van der Waals surface area contributed by atoms with Gasteiger partial charge in [-0.05, 0) is 116 Å². The highest BCUT2D eigenvalue weighted by atomic mass is 16.7. The van der Waals surface area contributed by atoms with Crippen molar-refractivity contribution in [3.8, 4) is 0 Å². The quantitative estimate of drug-likeness (QED) is 0.0228. The van der Waals surface area contributed by atoms with Gasteiger partial charge in [-0.15, -0.1) is 0 Å². The van der Waals surface area contributed by atoms with Crippen molar-refractivity contribution in [1.29, 1.82) is 0 Å². The van der Waals surface area contributed by atoms with E-state index in [-0.39, 0.29) is 25.9 Å². The Morgan fingerprint density at radius 3 is 1.36 bits per heavy atom. The molecule has 3 N–H and O–H groups in total.